The number of anilines is 1. The number of hydrogen-bond acceptors (Lipinski definition) is 5. The number of aryl methyl sites for hydroxylation is 1. The van der Waals surface area contributed by atoms with Gasteiger partial charge in [0.05, 0.1) is 4.92 Å². The number of benzene rings is 1. The summed E-state index contributed by atoms with van der Waals surface area (Å²) in [6, 6.07) is 4.28. The molecule has 2 rings (SSSR count). The zero-order chi connectivity index (χ0) is 15.4. The SMILES string of the molecule is CNC(=O)c1ccc([N+](=O)[O-])c(NCc2cscc2C)c1. The highest BCUT2D eigenvalue weighted by Gasteiger charge is 2.16. The summed E-state index contributed by atoms with van der Waals surface area (Å²) in [6.45, 7) is 2.47. The van der Waals surface area contributed by atoms with E-state index in [4.69, 9.17) is 0 Å². The molecule has 0 spiro atoms. The molecule has 1 heterocycles. The average molecular weight is 305 g/mol. The van der Waals surface area contributed by atoms with Crippen LogP contribution in [0.15, 0.2) is 29.0 Å². The van der Waals surface area contributed by atoms with Gasteiger partial charge in [-0.05, 0) is 40.9 Å². The van der Waals surface area contributed by atoms with E-state index in [-0.39, 0.29) is 11.6 Å². The van der Waals surface area contributed by atoms with Crippen LogP contribution in [0.1, 0.15) is 21.5 Å². The molecule has 0 aliphatic rings. The topological polar surface area (TPSA) is 84.3 Å². The number of nitrogens with one attached hydrogen (secondary N) is 2. The van der Waals surface area contributed by atoms with Crippen molar-refractivity contribution in [2.75, 3.05) is 12.4 Å². The van der Waals surface area contributed by atoms with Gasteiger partial charge in [0.2, 0.25) is 0 Å². The largest absolute Gasteiger partial charge is 0.375 e. The van der Waals surface area contributed by atoms with E-state index in [9.17, 15) is 14.9 Å². The van der Waals surface area contributed by atoms with E-state index in [0.29, 0.717) is 17.8 Å². The van der Waals surface area contributed by atoms with Crippen molar-refractivity contribution in [3.05, 3.63) is 55.8 Å². The van der Waals surface area contributed by atoms with Crippen molar-refractivity contribution in [2.45, 2.75) is 13.5 Å². The van der Waals surface area contributed by atoms with Gasteiger partial charge < -0.3 is 10.6 Å². The maximum absolute atomic E-state index is 11.6. The molecular formula is C14H15N3O3S. The van der Waals surface area contributed by atoms with Crippen molar-refractivity contribution in [1.82, 2.24) is 5.32 Å². The number of thiophene rings is 1. The lowest BCUT2D eigenvalue weighted by Crippen LogP contribution is -2.18. The fourth-order valence-corrected chi connectivity index (χ4v) is 2.74. The van der Waals surface area contributed by atoms with E-state index in [0.717, 1.165) is 11.1 Å². The van der Waals surface area contributed by atoms with Crippen LogP contribution in [-0.4, -0.2) is 17.9 Å². The van der Waals surface area contributed by atoms with Gasteiger partial charge >= 0.3 is 0 Å². The minimum Gasteiger partial charge on any atom is -0.375 e. The number of carbonyl (C=O) groups excluding carboxylic acids is 1. The van der Waals surface area contributed by atoms with Crippen LogP contribution in [-0.2, 0) is 6.54 Å². The van der Waals surface area contributed by atoms with E-state index in [2.05, 4.69) is 10.6 Å². The molecule has 0 aliphatic carbocycles. The first-order valence-corrected chi connectivity index (χ1v) is 7.23. The molecule has 1 aromatic heterocycles. The number of hydrogen-bond donors (Lipinski definition) is 2. The molecule has 6 nitrogen and oxygen atoms in total. The predicted octanol–water partition coefficient (Wildman–Crippen LogP) is 2.94. The summed E-state index contributed by atoms with van der Waals surface area (Å²) in [5, 5.41) is 20.6. The first-order chi connectivity index (χ1) is 10.0. The molecule has 2 N–H and O–H groups in total. The lowest BCUT2D eigenvalue weighted by molar-refractivity contribution is -0.384. The minimum absolute atomic E-state index is 0.0458. The van der Waals surface area contributed by atoms with E-state index in [1.165, 1.54) is 25.2 Å². The monoisotopic (exact) mass is 305 g/mol. The average Bonchev–Trinajstić information content (AvgIpc) is 2.89. The molecule has 0 atom stereocenters. The van der Waals surface area contributed by atoms with Gasteiger partial charge in [-0.25, -0.2) is 0 Å². The molecule has 0 saturated carbocycles. The van der Waals surface area contributed by atoms with E-state index in [1.807, 2.05) is 17.7 Å². The van der Waals surface area contributed by atoms with Crippen LogP contribution in [0, 0.1) is 17.0 Å². The van der Waals surface area contributed by atoms with Crippen molar-refractivity contribution < 1.29 is 9.72 Å². The molecule has 7 heteroatoms. The summed E-state index contributed by atoms with van der Waals surface area (Å²) in [5.74, 6) is -0.278. The molecule has 0 aliphatic heterocycles. The van der Waals surface area contributed by atoms with Gasteiger partial charge in [-0.3, -0.25) is 14.9 Å². The molecule has 1 aromatic carbocycles. The Morgan fingerprint density at radius 3 is 2.71 bits per heavy atom. The summed E-state index contributed by atoms with van der Waals surface area (Å²) in [4.78, 5) is 22.2. The number of nitro benzene ring substituents is 1. The van der Waals surface area contributed by atoms with Crippen molar-refractivity contribution in [3.63, 3.8) is 0 Å². The van der Waals surface area contributed by atoms with Crippen molar-refractivity contribution >= 4 is 28.6 Å². The van der Waals surface area contributed by atoms with Gasteiger partial charge in [0, 0.05) is 25.2 Å². The molecule has 0 bridgehead atoms. The van der Waals surface area contributed by atoms with E-state index >= 15 is 0 Å². The van der Waals surface area contributed by atoms with Crippen LogP contribution in [0.3, 0.4) is 0 Å². The molecule has 0 unspecified atom stereocenters. The molecule has 0 radical (unpaired) electrons. The van der Waals surface area contributed by atoms with Gasteiger partial charge in [0.25, 0.3) is 11.6 Å². The predicted molar refractivity (Wildman–Crippen MR) is 82.9 cm³/mol. The zero-order valence-electron chi connectivity index (χ0n) is 11.7. The molecule has 0 fully saturated rings. The second-order valence-corrected chi connectivity index (χ2v) is 5.25. The third kappa shape index (κ3) is 3.38. The molecule has 21 heavy (non-hydrogen) atoms. The normalized spacial score (nSPS) is 10.2. The lowest BCUT2D eigenvalue weighted by Gasteiger charge is -2.09. The second-order valence-electron chi connectivity index (χ2n) is 4.50. The van der Waals surface area contributed by atoms with Gasteiger partial charge in [0.15, 0.2) is 0 Å². The van der Waals surface area contributed by atoms with Crippen LogP contribution in [0.4, 0.5) is 11.4 Å². The maximum Gasteiger partial charge on any atom is 0.292 e. The molecule has 110 valence electrons. The smallest absolute Gasteiger partial charge is 0.292 e. The fourth-order valence-electron chi connectivity index (χ4n) is 1.88. The highest BCUT2D eigenvalue weighted by molar-refractivity contribution is 7.08. The Hall–Kier alpha value is -2.41. The Kier molecular flexibility index (Phi) is 4.54. The minimum atomic E-state index is -0.462. The Morgan fingerprint density at radius 1 is 1.38 bits per heavy atom. The molecule has 0 saturated heterocycles. The first kappa shape index (κ1) is 15.0. The van der Waals surface area contributed by atoms with Crippen LogP contribution in [0.2, 0.25) is 0 Å². The number of carbonyl (C=O) groups is 1. The summed E-state index contributed by atoms with van der Waals surface area (Å²) < 4.78 is 0. The van der Waals surface area contributed by atoms with Gasteiger partial charge in [-0.1, -0.05) is 0 Å². The number of amides is 1. The van der Waals surface area contributed by atoms with Crippen LogP contribution in [0.25, 0.3) is 0 Å². The van der Waals surface area contributed by atoms with Crippen molar-refractivity contribution in [1.29, 1.82) is 0 Å². The summed E-state index contributed by atoms with van der Waals surface area (Å²) >= 11 is 1.59. The van der Waals surface area contributed by atoms with Crippen molar-refractivity contribution in [3.8, 4) is 0 Å². The third-order valence-corrected chi connectivity index (χ3v) is 4.02. The fraction of sp³-hybridized carbons (Fsp3) is 0.214. The maximum atomic E-state index is 11.6. The van der Waals surface area contributed by atoms with Crippen molar-refractivity contribution in [2.24, 2.45) is 0 Å². The zero-order valence-corrected chi connectivity index (χ0v) is 12.5. The second kappa shape index (κ2) is 6.36. The lowest BCUT2D eigenvalue weighted by atomic mass is 10.1. The molecule has 1 amide bonds. The first-order valence-electron chi connectivity index (χ1n) is 6.29. The summed E-state index contributed by atoms with van der Waals surface area (Å²) in [6.07, 6.45) is 0. The highest BCUT2D eigenvalue weighted by atomic mass is 32.1. The molecular weight excluding hydrogens is 290 g/mol. The van der Waals surface area contributed by atoms with Crippen LogP contribution < -0.4 is 10.6 Å². The Balaban J connectivity index is 2.28. The standard InChI is InChI=1S/C14H15N3O3S/c1-9-7-21-8-11(9)6-16-12-5-10(14(18)15-2)3-4-13(12)17(19)20/h3-5,7-8,16H,6H2,1-2H3,(H,15,18). The van der Waals surface area contributed by atoms with Gasteiger partial charge in [-0.15, -0.1) is 0 Å². The number of nitro groups is 1. The van der Waals surface area contributed by atoms with Crippen LogP contribution >= 0.6 is 11.3 Å². The molecule has 2 aromatic rings. The Bertz CT molecular complexity index is 682. The number of rotatable bonds is 5. The van der Waals surface area contributed by atoms with E-state index in [1.54, 1.807) is 11.3 Å². The highest BCUT2D eigenvalue weighted by Crippen LogP contribution is 2.26. The summed E-state index contributed by atoms with van der Waals surface area (Å²) in [7, 11) is 1.52. The third-order valence-electron chi connectivity index (χ3n) is 3.11. The Labute approximate surface area is 126 Å². The quantitative estimate of drug-likeness (QED) is 0.657. The number of nitrogens with zero attached hydrogens (tertiary/aromatic N) is 1. The van der Waals surface area contributed by atoms with E-state index < -0.39 is 4.92 Å². The van der Waals surface area contributed by atoms with Gasteiger partial charge in [0.1, 0.15) is 5.69 Å². The Morgan fingerprint density at radius 2 is 2.14 bits per heavy atom. The summed E-state index contributed by atoms with van der Waals surface area (Å²) in [5.41, 5.74) is 2.90. The van der Waals surface area contributed by atoms with Crippen LogP contribution in [0.5, 0.6) is 0 Å². The van der Waals surface area contributed by atoms with Gasteiger partial charge in [-0.2, -0.15) is 11.3 Å².